The molecule has 104 valence electrons. The first kappa shape index (κ1) is 13.5. The summed E-state index contributed by atoms with van der Waals surface area (Å²) in [4.78, 5) is 0. The van der Waals surface area contributed by atoms with Crippen LogP contribution in [-0.4, -0.2) is 36.8 Å². The summed E-state index contributed by atoms with van der Waals surface area (Å²) in [6, 6.07) is 10.4. The van der Waals surface area contributed by atoms with Crippen LogP contribution in [0.3, 0.4) is 0 Å². The van der Waals surface area contributed by atoms with E-state index in [4.69, 9.17) is 0 Å². The number of nitrogens with zero attached hydrogens (tertiary/aromatic N) is 1. The molecule has 3 rings (SSSR count). The topological polar surface area (TPSA) is 37.4 Å². The Morgan fingerprint density at radius 2 is 1.79 bits per heavy atom. The predicted octanol–water partition coefficient (Wildman–Crippen LogP) is 2.66. The lowest BCUT2D eigenvalue weighted by Gasteiger charge is -2.19. The highest BCUT2D eigenvalue weighted by atomic mass is 32.2. The maximum absolute atomic E-state index is 12.3. The van der Waals surface area contributed by atoms with Crippen molar-refractivity contribution in [1.82, 2.24) is 4.31 Å². The number of hydrogen-bond acceptors (Lipinski definition) is 3. The van der Waals surface area contributed by atoms with Crippen molar-refractivity contribution < 1.29 is 8.42 Å². The van der Waals surface area contributed by atoms with Gasteiger partial charge >= 0.3 is 0 Å². The Morgan fingerprint density at radius 3 is 2.47 bits per heavy atom. The molecule has 0 bridgehead atoms. The zero-order valence-corrected chi connectivity index (χ0v) is 12.5. The second-order valence-electron chi connectivity index (χ2n) is 5.20. The van der Waals surface area contributed by atoms with Crippen LogP contribution < -0.4 is 0 Å². The highest BCUT2D eigenvalue weighted by molar-refractivity contribution is 7.99. The minimum absolute atomic E-state index is 0.0780. The molecule has 0 amide bonds. The lowest BCUT2D eigenvalue weighted by molar-refractivity contribution is 0.427. The fraction of sp³-hybridized carbons (Fsp3) is 0.571. The van der Waals surface area contributed by atoms with Gasteiger partial charge in [-0.1, -0.05) is 30.3 Å². The van der Waals surface area contributed by atoms with Crippen molar-refractivity contribution in [1.29, 1.82) is 0 Å². The van der Waals surface area contributed by atoms with Crippen LogP contribution in [0.25, 0.3) is 0 Å². The molecule has 0 N–H and O–H groups in total. The van der Waals surface area contributed by atoms with E-state index in [0.717, 1.165) is 25.0 Å². The van der Waals surface area contributed by atoms with Gasteiger partial charge in [0.05, 0.1) is 5.25 Å². The van der Waals surface area contributed by atoms with Gasteiger partial charge in [0.1, 0.15) is 0 Å². The van der Waals surface area contributed by atoms with Gasteiger partial charge in [-0.05, 0) is 24.8 Å². The summed E-state index contributed by atoms with van der Waals surface area (Å²) in [6.45, 7) is 1.35. The van der Waals surface area contributed by atoms with E-state index in [1.807, 2.05) is 17.8 Å². The lowest BCUT2D eigenvalue weighted by Crippen LogP contribution is -2.35. The van der Waals surface area contributed by atoms with E-state index in [1.54, 1.807) is 4.31 Å². The molecular formula is C14H19NO2S2. The van der Waals surface area contributed by atoms with Crippen molar-refractivity contribution in [2.45, 2.75) is 29.8 Å². The zero-order chi connectivity index (χ0) is 13.3. The molecule has 5 heteroatoms. The van der Waals surface area contributed by atoms with Crippen molar-refractivity contribution >= 4 is 21.8 Å². The van der Waals surface area contributed by atoms with Gasteiger partial charge in [0, 0.05) is 24.1 Å². The Labute approximate surface area is 119 Å². The summed E-state index contributed by atoms with van der Waals surface area (Å²) in [6.07, 6.45) is 2.63. The molecule has 0 aromatic heterocycles. The van der Waals surface area contributed by atoms with E-state index in [-0.39, 0.29) is 5.25 Å². The lowest BCUT2D eigenvalue weighted by atomic mass is 10.1. The van der Waals surface area contributed by atoms with Crippen molar-refractivity contribution in [2.75, 3.05) is 18.8 Å². The molecule has 0 radical (unpaired) electrons. The smallest absolute Gasteiger partial charge is 0.212 e. The van der Waals surface area contributed by atoms with Crippen LogP contribution >= 0.6 is 11.8 Å². The number of rotatable bonds is 3. The summed E-state index contributed by atoms with van der Waals surface area (Å²) < 4.78 is 26.2. The Balaban J connectivity index is 1.69. The standard InChI is InChI=1S/C14H19NO2S2/c16-19(17,13-6-7-13)15-9-8-14(18-11-10-15)12-4-2-1-3-5-12/h1-5,13-14H,6-11H2/t14-/m1/s1. The normalized spacial score (nSPS) is 26.0. The SMILES string of the molecule is O=S(=O)(C1CC1)N1CCS[C@@H](c2ccccc2)CC1. The van der Waals surface area contributed by atoms with E-state index in [2.05, 4.69) is 24.3 Å². The van der Waals surface area contributed by atoms with Crippen molar-refractivity contribution in [2.24, 2.45) is 0 Å². The van der Waals surface area contributed by atoms with E-state index in [9.17, 15) is 8.42 Å². The molecule has 19 heavy (non-hydrogen) atoms. The second kappa shape index (κ2) is 5.46. The molecule has 1 aliphatic carbocycles. The Bertz CT molecular complexity index is 526. The first-order valence-corrected chi connectivity index (χ1v) is 9.38. The second-order valence-corrected chi connectivity index (χ2v) is 8.73. The fourth-order valence-corrected chi connectivity index (χ4v) is 5.72. The van der Waals surface area contributed by atoms with Crippen LogP contribution in [0.15, 0.2) is 30.3 Å². The summed E-state index contributed by atoms with van der Waals surface area (Å²) in [5.41, 5.74) is 1.32. The largest absolute Gasteiger partial charge is 0.217 e. The quantitative estimate of drug-likeness (QED) is 0.861. The van der Waals surface area contributed by atoms with Crippen LogP contribution in [0.2, 0.25) is 0 Å². The third-order valence-corrected chi connectivity index (χ3v) is 7.50. The highest BCUT2D eigenvalue weighted by Gasteiger charge is 2.40. The number of benzene rings is 1. The average Bonchev–Trinajstić information content (AvgIpc) is 3.26. The zero-order valence-electron chi connectivity index (χ0n) is 10.9. The molecule has 1 heterocycles. The highest BCUT2D eigenvalue weighted by Crippen LogP contribution is 2.37. The number of sulfonamides is 1. The maximum Gasteiger partial charge on any atom is 0.217 e. The van der Waals surface area contributed by atoms with Crippen molar-refractivity contribution in [3.05, 3.63) is 35.9 Å². The summed E-state index contributed by atoms with van der Waals surface area (Å²) in [7, 11) is -3.00. The minimum atomic E-state index is -3.00. The molecule has 1 saturated heterocycles. The molecule has 2 fully saturated rings. The van der Waals surface area contributed by atoms with Crippen molar-refractivity contribution in [3.8, 4) is 0 Å². The van der Waals surface area contributed by atoms with Crippen LogP contribution in [-0.2, 0) is 10.0 Å². The fourth-order valence-electron chi connectivity index (χ4n) is 2.51. The van der Waals surface area contributed by atoms with Crippen LogP contribution in [0.5, 0.6) is 0 Å². The molecule has 3 nitrogen and oxygen atoms in total. The summed E-state index contributed by atoms with van der Waals surface area (Å²) in [5.74, 6) is 0.894. The molecule has 2 aliphatic rings. The van der Waals surface area contributed by atoms with Gasteiger partial charge < -0.3 is 0 Å². The number of hydrogen-bond donors (Lipinski definition) is 0. The number of thioether (sulfide) groups is 1. The maximum atomic E-state index is 12.3. The first-order chi connectivity index (χ1) is 9.18. The first-order valence-electron chi connectivity index (χ1n) is 6.83. The van der Waals surface area contributed by atoms with E-state index in [1.165, 1.54) is 5.56 Å². The minimum Gasteiger partial charge on any atom is -0.212 e. The molecule has 1 atom stereocenters. The third-order valence-electron chi connectivity index (χ3n) is 3.78. The van der Waals surface area contributed by atoms with E-state index in [0.29, 0.717) is 18.3 Å². The van der Waals surface area contributed by atoms with Gasteiger partial charge in [-0.3, -0.25) is 0 Å². The molecule has 0 spiro atoms. The van der Waals surface area contributed by atoms with Gasteiger partial charge in [-0.25, -0.2) is 12.7 Å². The monoisotopic (exact) mass is 297 g/mol. The summed E-state index contributed by atoms with van der Waals surface area (Å²) >= 11 is 1.88. The Kier molecular flexibility index (Phi) is 3.87. The predicted molar refractivity (Wildman–Crippen MR) is 79.8 cm³/mol. The average molecular weight is 297 g/mol. The van der Waals surface area contributed by atoms with Gasteiger partial charge in [-0.15, -0.1) is 0 Å². The Morgan fingerprint density at radius 1 is 1.05 bits per heavy atom. The van der Waals surface area contributed by atoms with Gasteiger partial charge in [0.15, 0.2) is 0 Å². The van der Waals surface area contributed by atoms with Crippen molar-refractivity contribution in [3.63, 3.8) is 0 Å². The summed E-state index contributed by atoms with van der Waals surface area (Å²) in [5, 5.41) is 0.353. The molecule has 1 aliphatic heterocycles. The van der Waals surface area contributed by atoms with Crippen LogP contribution in [0, 0.1) is 0 Å². The third kappa shape index (κ3) is 2.98. The van der Waals surface area contributed by atoms with E-state index < -0.39 is 10.0 Å². The van der Waals surface area contributed by atoms with Crippen LogP contribution in [0.4, 0.5) is 0 Å². The van der Waals surface area contributed by atoms with E-state index >= 15 is 0 Å². The van der Waals surface area contributed by atoms with Gasteiger partial charge in [-0.2, -0.15) is 11.8 Å². The molecule has 1 aromatic rings. The molecular weight excluding hydrogens is 278 g/mol. The van der Waals surface area contributed by atoms with Crippen LogP contribution in [0.1, 0.15) is 30.1 Å². The Hall–Kier alpha value is -0.520. The molecule has 0 unspecified atom stereocenters. The van der Waals surface area contributed by atoms with Gasteiger partial charge in [0.2, 0.25) is 10.0 Å². The molecule has 1 saturated carbocycles. The van der Waals surface area contributed by atoms with Gasteiger partial charge in [0.25, 0.3) is 0 Å². The molecule has 1 aromatic carbocycles.